The van der Waals surface area contributed by atoms with Gasteiger partial charge in [-0.05, 0) is 35.9 Å². The summed E-state index contributed by atoms with van der Waals surface area (Å²) in [5.74, 6) is 0.898. The molecule has 0 unspecified atom stereocenters. The number of fused-ring (bicyclic) bond motifs is 1. The Hall–Kier alpha value is -1.12. The highest BCUT2D eigenvalue weighted by molar-refractivity contribution is 14.0. The molecule has 2 N–H and O–H groups in total. The zero-order valence-corrected chi connectivity index (χ0v) is 17.8. The average molecular weight is 470 g/mol. The maximum atomic E-state index is 4.67. The van der Waals surface area contributed by atoms with Crippen molar-refractivity contribution < 1.29 is 0 Å². The van der Waals surface area contributed by atoms with Crippen molar-refractivity contribution in [2.45, 2.75) is 26.4 Å². The van der Waals surface area contributed by atoms with Crippen LogP contribution in [0.3, 0.4) is 0 Å². The third kappa shape index (κ3) is 6.27. The molecule has 1 aromatic heterocycles. The Morgan fingerprint density at radius 2 is 2.04 bits per heavy atom. The summed E-state index contributed by atoms with van der Waals surface area (Å²) < 4.78 is 0. The van der Waals surface area contributed by atoms with E-state index < -0.39 is 0 Å². The molecule has 1 aliphatic heterocycles. The highest BCUT2D eigenvalue weighted by Gasteiger charge is 2.16. The minimum atomic E-state index is 0. The second-order valence-electron chi connectivity index (χ2n) is 6.00. The van der Waals surface area contributed by atoms with Gasteiger partial charge in [0.15, 0.2) is 5.96 Å². The number of rotatable bonds is 6. The quantitative estimate of drug-likeness (QED) is 0.386. The van der Waals surface area contributed by atoms with Crippen molar-refractivity contribution in [2.24, 2.45) is 4.99 Å². The maximum absolute atomic E-state index is 4.67. The van der Waals surface area contributed by atoms with Gasteiger partial charge >= 0.3 is 0 Å². The molecule has 2 aromatic rings. The van der Waals surface area contributed by atoms with Crippen molar-refractivity contribution in [1.82, 2.24) is 15.5 Å². The molecule has 0 fully saturated rings. The summed E-state index contributed by atoms with van der Waals surface area (Å²) >= 11 is 1.90. The molecule has 0 saturated carbocycles. The second kappa shape index (κ2) is 10.8. The largest absolute Gasteiger partial charge is 0.357 e. The lowest BCUT2D eigenvalue weighted by atomic mass is 10.1. The molecular weight excluding hydrogens is 443 g/mol. The van der Waals surface area contributed by atoms with E-state index in [-0.39, 0.29) is 24.0 Å². The third-order valence-corrected chi connectivity index (χ3v) is 5.24. The topological polar surface area (TPSA) is 39.7 Å². The second-order valence-corrected chi connectivity index (χ2v) is 7.00. The minimum absolute atomic E-state index is 0. The number of thiophene rings is 1. The predicted octanol–water partition coefficient (Wildman–Crippen LogP) is 3.48. The first-order valence-corrected chi connectivity index (χ1v) is 9.57. The van der Waals surface area contributed by atoms with E-state index in [4.69, 9.17) is 0 Å². The average Bonchev–Trinajstić information content (AvgIpc) is 3.08. The van der Waals surface area contributed by atoms with Gasteiger partial charge in [0.1, 0.15) is 0 Å². The third-order valence-electron chi connectivity index (χ3n) is 4.21. The van der Waals surface area contributed by atoms with Crippen LogP contribution in [0.5, 0.6) is 0 Å². The number of aliphatic imine (C=N–C) groups is 1. The summed E-state index contributed by atoms with van der Waals surface area (Å²) in [7, 11) is 0. The summed E-state index contributed by atoms with van der Waals surface area (Å²) in [5, 5.41) is 8.99. The Kier molecular flexibility index (Phi) is 8.71. The van der Waals surface area contributed by atoms with E-state index in [1.54, 1.807) is 4.88 Å². The number of benzene rings is 1. The van der Waals surface area contributed by atoms with Crippen molar-refractivity contribution in [1.29, 1.82) is 0 Å². The first-order chi connectivity index (χ1) is 11.8. The lowest BCUT2D eigenvalue weighted by Gasteiger charge is -2.27. The predicted molar refractivity (Wildman–Crippen MR) is 118 cm³/mol. The molecule has 0 amide bonds. The Labute approximate surface area is 171 Å². The van der Waals surface area contributed by atoms with Crippen LogP contribution >= 0.6 is 35.3 Å². The number of nitrogens with one attached hydrogen (secondary N) is 2. The molecule has 0 spiro atoms. The SMILES string of the molecule is CCNC(=NCc1ccccc1)NCCN1CCc2sccc2C1.I. The Balaban J connectivity index is 0.00000225. The standard InChI is InChI=1S/C19H26N4S.HI/c1-2-20-19(22-14-16-6-4-3-5-7-16)21-10-12-23-11-8-18-17(15-23)9-13-24-18;/h3-7,9,13H,2,8,10-12,14-15H2,1H3,(H2,20,21,22);1H. The van der Waals surface area contributed by atoms with Crippen LogP contribution in [-0.4, -0.2) is 37.0 Å². The van der Waals surface area contributed by atoms with E-state index in [1.807, 2.05) is 17.4 Å². The van der Waals surface area contributed by atoms with Crippen LogP contribution in [0.1, 0.15) is 22.9 Å². The summed E-state index contributed by atoms with van der Waals surface area (Å²) in [6.45, 7) is 7.89. The maximum Gasteiger partial charge on any atom is 0.191 e. The zero-order valence-electron chi connectivity index (χ0n) is 14.7. The van der Waals surface area contributed by atoms with Gasteiger partial charge in [0.25, 0.3) is 0 Å². The summed E-state index contributed by atoms with van der Waals surface area (Å²) in [5.41, 5.74) is 2.74. The van der Waals surface area contributed by atoms with Crippen LogP contribution in [-0.2, 0) is 19.5 Å². The fourth-order valence-corrected chi connectivity index (χ4v) is 3.82. The number of halogens is 1. The van der Waals surface area contributed by atoms with Gasteiger partial charge in [0.05, 0.1) is 6.54 Å². The van der Waals surface area contributed by atoms with Gasteiger partial charge in [-0.25, -0.2) is 4.99 Å². The van der Waals surface area contributed by atoms with E-state index >= 15 is 0 Å². The molecule has 1 aliphatic rings. The number of nitrogens with zero attached hydrogens (tertiary/aromatic N) is 2. The first kappa shape index (κ1) is 20.2. The number of hydrogen-bond acceptors (Lipinski definition) is 3. The monoisotopic (exact) mass is 470 g/mol. The number of hydrogen-bond donors (Lipinski definition) is 2. The van der Waals surface area contributed by atoms with Crippen LogP contribution in [0.4, 0.5) is 0 Å². The lowest BCUT2D eigenvalue weighted by Crippen LogP contribution is -2.42. The van der Waals surface area contributed by atoms with E-state index in [0.29, 0.717) is 6.54 Å². The smallest absolute Gasteiger partial charge is 0.191 e. The van der Waals surface area contributed by atoms with Crippen molar-refractivity contribution in [3.05, 3.63) is 57.8 Å². The van der Waals surface area contributed by atoms with Gasteiger partial charge in [-0.3, -0.25) is 4.90 Å². The van der Waals surface area contributed by atoms with E-state index in [0.717, 1.165) is 38.7 Å². The highest BCUT2D eigenvalue weighted by Crippen LogP contribution is 2.23. The van der Waals surface area contributed by atoms with Crippen LogP contribution in [0.15, 0.2) is 46.8 Å². The van der Waals surface area contributed by atoms with E-state index in [9.17, 15) is 0 Å². The van der Waals surface area contributed by atoms with Gasteiger partial charge in [0, 0.05) is 37.6 Å². The van der Waals surface area contributed by atoms with E-state index in [1.165, 1.54) is 17.5 Å². The molecule has 6 heteroatoms. The molecular formula is C19H27IN4S. The molecule has 0 atom stereocenters. The van der Waals surface area contributed by atoms with Crippen LogP contribution in [0.2, 0.25) is 0 Å². The highest BCUT2D eigenvalue weighted by atomic mass is 127. The lowest BCUT2D eigenvalue weighted by molar-refractivity contribution is 0.260. The van der Waals surface area contributed by atoms with Gasteiger partial charge < -0.3 is 10.6 Å². The van der Waals surface area contributed by atoms with Crippen molar-refractivity contribution in [3.8, 4) is 0 Å². The molecule has 136 valence electrons. The Morgan fingerprint density at radius 3 is 2.84 bits per heavy atom. The van der Waals surface area contributed by atoms with Gasteiger partial charge in [0.2, 0.25) is 0 Å². The van der Waals surface area contributed by atoms with Gasteiger partial charge in [-0.15, -0.1) is 35.3 Å². The Morgan fingerprint density at radius 1 is 1.20 bits per heavy atom. The fourth-order valence-electron chi connectivity index (χ4n) is 2.93. The van der Waals surface area contributed by atoms with Crippen molar-refractivity contribution in [3.63, 3.8) is 0 Å². The summed E-state index contributed by atoms with van der Waals surface area (Å²) in [6, 6.07) is 12.6. The molecule has 3 rings (SSSR count). The van der Waals surface area contributed by atoms with E-state index in [2.05, 4.69) is 63.2 Å². The normalized spacial score (nSPS) is 14.5. The molecule has 0 bridgehead atoms. The molecule has 1 aromatic carbocycles. The van der Waals surface area contributed by atoms with Gasteiger partial charge in [-0.1, -0.05) is 30.3 Å². The molecule has 2 heterocycles. The van der Waals surface area contributed by atoms with Crippen LogP contribution in [0, 0.1) is 0 Å². The molecule has 4 nitrogen and oxygen atoms in total. The zero-order chi connectivity index (χ0) is 16.6. The molecule has 0 aliphatic carbocycles. The van der Waals surface area contributed by atoms with Crippen LogP contribution in [0.25, 0.3) is 0 Å². The van der Waals surface area contributed by atoms with Crippen LogP contribution < -0.4 is 10.6 Å². The summed E-state index contributed by atoms with van der Waals surface area (Å²) in [4.78, 5) is 8.75. The van der Waals surface area contributed by atoms with Crippen molar-refractivity contribution >= 4 is 41.3 Å². The summed E-state index contributed by atoms with van der Waals surface area (Å²) in [6.07, 6.45) is 1.19. The van der Waals surface area contributed by atoms with Crippen molar-refractivity contribution in [2.75, 3.05) is 26.2 Å². The fraction of sp³-hybridized carbons (Fsp3) is 0.421. The Bertz CT molecular complexity index is 656. The number of guanidine groups is 1. The van der Waals surface area contributed by atoms with Gasteiger partial charge in [-0.2, -0.15) is 0 Å². The minimum Gasteiger partial charge on any atom is -0.357 e. The molecule has 0 radical (unpaired) electrons. The first-order valence-electron chi connectivity index (χ1n) is 8.69. The molecule has 25 heavy (non-hydrogen) atoms. The molecule has 0 saturated heterocycles.